The third-order valence-corrected chi connectivity index (χ3v) is 4.21. The van der Waals surface area contributed by atoms with Crippen molar-refractivity contribution in [3.8, 4) is 5.75 Å². The van der Waals surface area contributed by atoms with Crippen LogP contribution in [0.4, 0.5) is 0 Å². The van der Waals surface area contributed by atoms with Crippen molar-refractivity contribution in [3.63, 3.8) is 0 Å². The smallest absolute Gasteiger partial charge is 0.195 e. The van der Waals surface area contributed by atoms with Gasteiger partial charge in [-0.15, -0.1) is 0 Å². The number of rotatable bonds is 3. The number of hydrogen-bond acceptors (Lipinski definition) is 3. The Morgan fingerprint density at radius 1 is 1.25 bits per heavy atom. The lowest BCUT2D eigenvalue weighted by Crippen LogP contribution is -2.43. The second-order valence-corrected chi connectivity index (χ2v) is 7.45. The lowest BCUT2D eigenvalue weighted by Gasteiger charge is -2.42. The van der Waals surface area contributed by atoms with Crippen molar-refractivity contribution in [3.05, 3.63) is 27.2 Å². The highest BCUT2D eigenvalue weighted by Crippen LogP contribution is 2.44. The van der Waals surface area contributed by atoms with E-state index in [1.54, 1.807) is 6.07 Å². The van der Waals surface area contributed by atoms with E-state index in [1.165, 1.54) is 0 Å². The molecule has 1 aliphatic rings. The molecule has 0 aliphatic carbocycles. The number of alkyl halides is 1. The first-order valence-corrected chi connectivity index (χ1v) is 8.53. The van der Waals surface area contributed by atoms with Gasteiger partial charge in [0, 0.05) is 10.4 Å². The van der Waals surface area contributed by atoms with E-state index in [-0.39, 0.29) is 5.41 Å². The van der Waals surface area contributed by atoms with Gasteiger partial charge in [-0.25, -0.2) is 0 Å². The van der Waals surface area contributed by atoms with Gasteiger partial charge in [0.25, 0.3) is 0 Å². The Morgan fingerprint density at radius 3 is 2.40 bits per heavy atom. The number of hydrogen-bond donors (Lipinski definition) is 0. The summed E-state index contributed by atoms with van der Waals surface area (Å²) in [5.41, 5.74) is 1.17. The van der Waals surface area contributed by atoms with Crippen LogP contribution < -0.4 is 4.74 Å². The second kappa shape index (κ2) is 6.13. The molecule has 0 amide bonds. The average Bonchev–Trinajstić information content (AvgIpc) is 2.36. The van der Waals surface area contributed by atoms with Gasteiger partial charge in [-0.1, -0.05) is 25.4 Å². The van der Waals surface area contributed by atoms with Crippen molar-refractivity contribution in [1.82, 2.24) is 0 Å². The first kappa shape index (κ1) is 16.6. The molecule has 0 saturated carbocycles. The van der Waals surface area contributed by atoms with Crippen molar-refractivity contribution in [2.24, 2.45) is 5.41 Å². The van der Waals surface area contributed by atoms with Crippen LogP contribution in [0.25, 0.3) is 0 Å². The van der Waals surface area contributed by atoms with Crippen LogP contribution in [0.3, 0.4) is 0 Å². The van der Waals surface area contributed by atoms with E-state index in [0.717, 1.165) is 10.0 Å². The van der Waals surface area contributed by atoms with Gasteiger partial charge >= 0.3 is 0 Å². The molecule has 0 aromatic heterocycles. The molecule has 0 radical (unpaired) electrons. The standard InChI is InChI=1S/C14H17Br2ClO3/c1-13(2)6-19-14(3,20-7-13)10-4-9(17)5-11(16)12(10)18-8-15/h4-5H,6-8H2,1-3H3. The molecule has 1 aromatic rings. The van der Waals surface area contributed by atoms with E-state index < -0.39 is 5.79 Å². The first-order chi connectivity index (χ1) is 9.27. The molecule has 0 bridgehead atoms. The molecule has 2 rings (SSSR count). The zero-order valence-electron chi connectivity index (χ0n) is 11.6. The predicted octanol–water partition coefficient (Wildman–Crippen LogP) is 5.08. The van der Waals surface area contributed by atoms with Crippen molar-refractivity contribution >= 4 is 43.5 Å². The molecule has 3 nitrogen and oxygen atoms in total. The summed E-state index contributed by atoms with van der Waals surface area (Å²) in [6, 6.07) is 3.61. The highest BCUT2D eigenvalue weighted by atomic mass is 79.9. The monoisotopic (exact) mass is 426 g/mol. The lowest BCUT2D eigenvalue weighted by atomic mass is 9.93. The molecular weight excluding hydrogens is 411 g/mol. The summed E-state index contributed by atoms with van der Waals surface area (Å²) in [6.45, 7) is 7.33. The highest BCUT2D eigenvalue weighted by molar-refractivity contribution is 9.10. The Hall–Kier alpha value is 0.190. The SMILES string of the molecule is CC1(C)COC(C)(c2cc(Cl)cc(Br)c2OCBr)OC1. The molecule has 0 N–H and O–H groups in total. The van der Waals surface area contributed by atoms with Crippen LogP contribution >= 0.6 is 43.5 Å². The Kier molecular flexibility index (Phi) is 5.07. The Balaban J connectivity index is 2.41. The molecule has 0 spiro atoms. The van der Waals surface area contributed by atoms with Crippen LogP contribution in [-0.4, -0.2) is 18.7 Å². The van der Waals surface area contributed by atoms with Crippen LogP contribution in [0.15, 0.2) is 16.6 Å². The Bertz CT molecular complexity index is 495. The van der Waals surface area contributed by atoms with Crippen LogP contribution in [0, 0.1) is 5.41 Å². The van der Waals surface area contributed by atoms with Gasteiger partial charge in [-0.05, 0) is 50.9 Å². The molecule has 1 fully saturated rings. The molecule has 0 atom stereocenters. The van der Waals surface area contributed by atoms with Gasteiger partial charge in [0.05, 0.1) is 23.2 Å². The van der Waals surface area contributed by atoms with E-state index in [9.17, 15) is 0 Å². The van der Waals surface area contributed by atoms with E-state index >= 15 is 0 Å². The zero-order chi connectivity index (χ0) is 15.0. The first-order valence-electron chi connectivity index (χ1n) is 6.24. The fourth-order valence-corrected chi connectivity index (χ4v) is 3.16. The Morgan fingerprint density at radius 2 is 1.85 bits per heavy atom. The fraction of sp³-hybridized carbons (Fsp3) is 0.571. The van der Waals surface area contributed by atoms with E-state index in [1.807, 2.05) is 13.0 Å². The van der Waals surface area contributed by atoms with Crippen LogP contribution in [0.5, 0.6) is 5.75 Å². The molecule has 1 aromatic carbocycles. The number of ether oxygens (including phenoxy) is 3. The zero-order valence-corrected chi connectivity index (χ0v) is 15.6. The van der Waals surface area contributed by atoms with Gasteiger partial charge in [-0.2, -0.15) is 0 Å². The predicted molar refractivity (Wildman–Crippen MR) is 86.6 cm³/mol. The van der Waals surface area contributed by atoms with Gasteiger partial charge < -0.3 is 14.2 Å². The maximum atomic E-state index is 6.15. The quantitative estimate of drug-likeness (QED) is 0.629. The molecule has 6 heteroatoms. The third kappa shape index (κ3) is 3.50. The summed E-state index contributed by atoms with van der Waals surface area (Å²) >= 11 is 12.9. The topological polar surface area (TPSA) is 27.7 Å². The van der Waals surface area contributed by atoms with Crippen molar-refractivity contribution in [2.45, 2.75) is 26.6 Å². The van der Waals surface area contributed by atoms with Crippen LogP contribution in [0.1, 0.15) is 26.3 Å². The molecule has 20 heavy (non-hydrogen) atoms. The summed E-state index contributed by atoms with van der Waals surface area (Å²) in [5.74, 6) is -0.186. The Labute approximate surface area is 141 Å². The molecule has 1 saturated heterocycles. The normalized spacial score (nSPS) is 20.7. The lowest BCUT2D eigenvalue weighted by molar-refractivity contribution is -0.298. The fourth-order valence-electron chi connectivity index (χ4n) is 2.00. The van der Waals surface area contributed by atoms with Crippen LogP contribution in [-0.2, 0) is 15.3 Å². The number of halogens is 3. The van der Waals surface area contributed by atoms with Gasteiger partial charge in [0.15, 0.2) is 5.79 Å². The van der Waals surface area contributed by atoms with Gasteiger partial charge in [0.2, 0.25) is 0 Å². The minimum absolute atomic E-state index is 0.00571. The molecule has 112 valence electrons. The summed E-state index contributed by atoms with van der Waals surface area (Å²) in [7, 11) is 0. The maximum Gasteiger partial charge on any atom is 0.195 e. The van der Waals surface area contributed by atoms with Crippen molar-refractivity contribution in [1.29, 1.82) is 0 Å². The molecule has 1 aliphatic heterocycles. The largest absolute Gasteiger partial charge is 0.481 e. The maximum absolute atomic E-state index is 6.15. The van der Waals surface area contributed by atoms with E-state index in [2.05, 4.69) is 45.7 Å². The average molecular weight is 429 g/mol. The highest BCUT2D eigenvalue weighted by Gasteiger charge is 2.40. The van der Waals surface area contributed by atoms with Gasteiger partial charge in [0.1, 0.15) is 11.3 Å². The van der Waals surface area contributed by atoms with Crippen LogP contribution in [0.2, 0.25) is 5.02 Å². The minimum Gasteiger partial charge on any atom is -0.481 e. The molecule has 1 heterocycles. The minimum atomic E-state index is -0.861. The van der Waals surface area contributed by atoms with Crippen molar-refractivity contribution < 1.29 is 14.2 Å². The third-order valence-electron chi connectivity index (χ3n) is 3.17. The summed E-state index contributed by atoms with van der Waals surface area (Å²) in [4.78, 5) is 0. The van der Waals surface area contributed by atoms with Crippen molar-refractivity contribution in [2.75, 3.05) is 18.7 Å². The van der Waals surface area contributed by atoms with Gasteiger partial charge in [-0.3, -0.25) is 0 Å². The second-order valence-electron chi connectivity index (χ2n) is 5.71. The number of benzene rings is 1. The van der Waals surface area contributed by atoms with E-state index in [0.29, 0.717) is 29.5 Å². The molecular formula is C14H17Br2ClO3. The summed E-state index contributed by atoms with van der Waals surface area (Å²) < 4.78 is 18.4. The molecule has 0 unspecified atom stereocenters. The summed E-state index contributed by atoms with van der Waals surface area (Å²) in [6.07, 6.45) is 0. The summed E-state index contributed by atoms with van der Waals surface area (Å²) in [5, 5.41) is 0.604. The van der Waals surface area contributed by atoms with E-state index in [4.69, 9.17) is 25.8 Å².